The van der Waals surface area contributed by atoms with Crippen LogP contribution in [-0.4, -0.2) is 16.4 Å². The zero-order chi connectivity index (χ0) is 10.6. The van der Waals surface area contributed by atoms with Gasteiger partial charge in [0, 0.05) is 16.7 Å². The minimum absolute atomic E-state index is 0.102. The molecule has 1 aromatic rings. The molecule has 0 aliphatic rings. The van der Waals surface area contributed by atoms with Crippen LogP contribution in [0.4, 0.5) is 5.82 Å². The molecule has 1 aromatic heterocycles. The van der Waals surface area contributed by atoms with Crippen LogP contribution in [0.2, 0.25) is 0 Å². The summed E-state index contributed by atoms with van der Waals surface area (Å²) in [6, 6.07) is 4.16. The SMILES string of the molecule is CCC(Nc1ccc(Br)cn1)C(C)Cl. The molecule has 2 atom stereocenters. The highest BCUT2D eigenvalue weighted by Gasteiger charge is 2.12. The van der Waals surface area contributed by atoms with Crippen molar-refractivity contribution in [1.82, 2.24) is 4.98 Å². The number of rotatable bonds is 4. The molecule has 1 N–H and O–H groups in total. The monoisotopic (exact) mass is 276 g/mol. The molecule has 0 radical (unpaired) electrons. The quantitative estimate of drug-likeness (QED) is 0.850. The normalized spacial score (nSPS) is 14.9. The second-order valence-electron chi connectivity index (χ2n) is 3.20. The fraction of sp³-hybridized carbons (Fsp3) is 0.500. The largest absolute Gasteiger partial charge is 0.366 e. The number of pyridine rings is 1. The van der Waals surface area contributed by atoms with Crippen LogP contribution in [0.25, 0.3) is 0 Å². The Kier molecular flexibility index (Phi) is 4.69. The summed E-state index contributed by atoms with van der Waals surface area (Å²) < 4.78 is 0.982. The maximum Gasteiger partial charge on any atom is 0.126 e. The zero-order valence-electron chi connectivity index (χ0n) is 8.30. The highest BCUT2D eigenvalue weighted by Crippen LogP contribution is 2.15. The predicted molar refractivity (Wildman–Crippen MR) is 65.0 cm³/mol. The second kappa shape index (κ2) is 5.56. The molecule has 0 saturated carbocycles. The van der Waals surface area contributed by atoms with Crippen molar-refractivity contribution < 1.29 is 0 Å². The highest BCUT2D eigenvalue weighted by atomic mass is 79.9. The van der Waals surface area contributed by atoms with Gasteiger partial charge in [-0.05, 0) is 41.4 Å². The van der Waals surface area contributed by atoms with Gasteiger partial charge in [-0.1, -0.05) is 6.92 Å². The van der Waals surface area contributed by atoms with Crippen LogP contribution in [0.3, 0.4) is 0 Å². The number of alkyl halides is 1. The van der Waals surface area contributed by atoms with Crippen LogP contribution in [0.1, 0.15) is 20.3 Å². The van der Waals surface area contributed by atoms with Crippen molar-refractivity contribution in [1.29, 1.82) is 0 Å². The number of hydrogen-bond acceptors (Lipinski definition) is 2. The van der Waals surface area contributed by atoms with Crippen molar-refractivity contribution in [3.63, 3.8) is 0 Å². The molecule has 0 spiro atoms. The molecule has 0 saturated heterocycles. The van der Waals surface area contributed by atoms with E-state index in [-0.39, 0.29) is 11.4 Å². The van der Waals surface area contributed by atoms with E-state index in [0.717, 1.165) is 16.7 Å². The van der Waals surface area contributed by atoms with Gasteiger partial charge in [0.25, 0.3) is 0 Å². The molecule has 4 heteroatoms. The maximum atomic E-state index is 6.03. The summed E-state index contributed by atoms with van der Waals surface area (Å²) in [5.41, 5.74) is 0. The Morgan fingerprint density at radius 1 is 1.57 bits per heavy atom. The number of anilines is 1. The average Bonchev–Trinajstić information content (AvgIpc) is 2.16. The lowest BCUT2D eigenvalue weighted by molar-refractivity contribution is 0.676. The maximum absolute atomic E-state index is 6.03. The first-order valence-corrected chi connectivity index (χ1v) is 5.88. The van der Waals surface area contributed by atoms with Gasteiger partial charge in [-0.25, -0.2) is 4.98 Å². The highest BCUT2D eigenvalue weighted by molar-refractivity contribution is 9.10. The molecule has 1 heterocycles. The van der Waals surface area contributed by atoms with Crippen LogP contribution >= 0.6 is 27.5 Å². The lowest BCUT2D eigenvalue weighted by Gasteiger charge is -2.19. The van der Waals surface area contributed by atoms with E-state index in [1.54, 1.807) is 6.20 Å². The van der Waals surface area contributed by atoms with Gasteiger partial charge < -0.3 is 5.32 Å². The van der Waals surface area contributed by atoms with Crippen LogP contribution in [0.15, 0.2) is 22.8 Å². The van der Waals surface area contributed by atoms with E-state index >= 15 is 0 Å². The molecule has 0 aliphatic heterocycles. The van der Waals surface area contributed by atoms with Gasteiger partial charge in [0.2, 0.25) is 0 Å². The Morgan fingerprint density at radius 3 is 2.71 bits per heavy atom. The van der Waals surface area contributed by atoms with E-state index in [4.69, 9.17) is 11.6 Å². The molecular formula is C10H14BrClN2. The van der Waals surface area contributed by atoms with Crippen LogP contribution < -0.4 is 5.32 Å². The fourth-order valence-corrected chi connectivity index (χ4v) is 1.67. The minimum atomic E-state index is 0.102. The second-order valence-corrected chi connectivity index (χ2v) is 4.80. The first-order chi connectivity index (χ1) is 6.63. The van der Waals surface area contributed by atoms with E-state index in [9.17, 15) is 0 Å². The zero-order valence-corrected chi connectivity index (χ0v) is 10.6. The molecule has 0 bridgehead atoms. The topological polar surface area (TPSA) is 24.9 Å². The molecule has 0 aliphatic carbocycles. The Hall–Kier alpha value is -0.280. The van der Waals surface area contributed by atoms with E-state index in [1.165, 1.54) is 0 Å². The average molecular weight is 278 g/mol. The molecule has 1 rings (SSSR count). The Labute approximate surface area is 98.2 Å². The summed E-state index contributed by atoms with van der Waals surface area (Å²) in [7, 11) is 0. The molecule has 14 heavy (non-hydrogen) atoms. The van der Waals surface area contributed by atoms with Gasteiger partial charge in [-0.3, -0.25) is 0 Å². The molecule has 2 unspecified atom stereocenters. The summed E-state index contributed by atoms with van der Waals surface area (Å²) in [6.45, 7) is 4.09. The van der Waals surface area contributed by atoms with Gasteiger partial charge in [-0.15, -0.1) is 11.6 Å². The third-order valence-electron chi connectivity index (χ3n) is 2.05. The Balaban J connectivity index is 2.63. The van der Waals surface area contributed by atoms with Crippen molar-refractivity contribution in [2.45, 2.75) is 31.7 Å². The smallest absolute Gasteiger partial charge is 0.126 e. The summed E-state index contributed by atoms with van der Waals surface area (Å²) in [6.07, 6.45) is 2.76. The van der Waals surface area contributed by atoms with Crippen LogP contribution in [0.5, 0.6) is 0 Å². The minimum Gasteiger partial charge on any atom is -0.366 e. The molecule has 0 fully saturated rings. The number of nitrogens with zero attached hydrogens (tertiary/aromatic N) is 1. The summed E-state index contributed by atoms with van der Waals surface area (Å²) in [5, 5.41) is 3.39. The first-order valence-electron chi connectivity index (χ1n) is 4.65. The Morgan fingerprint density at radius 2 is 2.29 bits per heavy atom. The van der Waals surface area contributed by atoms with Crippen molar-refractivity contribution in [3.05, 3.63) is 22.8 Å². The van der Waals surface area contributed by atoms with E-state index < -0.39 is 0 Å². The van der Waals surface area contributed by atoms with Crippen LogP contribution in [-0.2, 0) is 0 Å². The number of halogens is 2. The molecule has 78 valence electrons. The first kappa shape index (κ1) is 11.8. The van der Waals surface area contributed by atoms with Gasteiger partial charge >= 0.3 is 0 Å². The standard InChI is InChI=1S/C10H14BrClN2/c1-3-9(7(2)12)14-10-5-4-8(11)6-13-10/h4-7,9H,3H2,1-2H3,(H,13,14). The van der Waals surface area contributed by atoms with Gasteiger partial charge in [0.05, 0.1) is 5.38 Å². The lowest BCUT2D eigenvalue weighted by Crippen LogP contribution is -2.27. The van der Waals surface area contributed by atoms with Gasteiger partial charge in [0.1, 0.15) is 5.82 Å². The summed E-state index contributed by atoms with van der Waals surface area (Å²) in [4.78, 5) is 4.23. The van der Waals surface area contributed by atoms with Crippen LogP contribution in [0, 0.1) is 0 Å². The summed E-state index contributed by atoms with van der Waals surface area (Å²) in [5.74, 6) is 0.868. The van der Waals surface area contributed by atoms with Crippen molar-refractivity contribution in [3.8, 4) is 0 Å². The molecular weight excluding hydrogens is 263 g/mol. The van der Waals surface area contributed by atoms with E-state index in [2.05, 4.69) is 33.2 Å². The fourth-order valence-electron chi connectivity index (χ4n) is 1.19. The number of aromatic nitrogens is 1. The molecule has 0 amide bonds. The number of hydrogen-bond donors (Lipinski definition) is 1. The van der Waals surface area contributed by atoms with Crippen molar-refractivity contribution in [2.75, 3.05) is 5.32 Å². The lowest BCUT2D eigenvalue weighted by atomic mass is 10.1. The number of nitrogens with one attached hydrogen (secondary N) is 1. The van der Waals surface area contributed by atoms with Crippen molar-refractivity contribution in [2.24, 2.45) is 0 Å². The Bertz CT molecular complexity index is 274. The predicted octanol–water partition coefficient (Wildman–Crippen LogP) is 3.66. The van der Waals surface area contributed by atoms with Gasteiger partial charge in [-0.2, -0.15) is 0 Å². The van der Waals surface area contributed by atoms with E-state index in [0.29, 0.717) is 0 Å². The third kappa shape index (κ3) is 3.46. The van der Waals surface area contributed by atoms with Crippen molar-refractivity contribution >= 4 is 33.3 Å². The van der Waals surface area contributed by atoms with Gasteiger partial charge in [0.15, 0.2) is 0 Å². The van der Waals surface area contributed by atoms with E-state index in [1.807, 2.05) is 19.1 Å². The molecule has 0 aromatic carbocycles. The third-order valence-corrected chi connectivity index (χ3v) is 2.83. The summed E-state index contributed by atoms with van der Waals surface area (Å²) >= 11 is 9.37. The molecule has 2 nitrogen and oxygen atoms in total.